The van der Waals surface area contributed by atoms with E-state index in [-0.39, 0.29) is 11.9 Å². The number of rotatable bonds is 8. The quantitative estimate of drug-likeness (QED) is 0.359. The van der Waals surface area contributed by atoms with Gasteiger partial charge in [0.15, 0.2) is 0 Å². The number of esters is 1. The van der Waals surface area contributed by atoms with Gasteiger partial charge in [0.2, 0.25) is 0 Å². The van der Waals surface area contributed by atoms with Gasteiger partial charge < -0.3 is 4.74 Å². The third-order valence-electron chi connectivity index (χ3n) is 6.02. The van der Waals surface area contributed by atoms with E-state index in [1.807, 2.05) is 6.07 Å². The first-order valence-corrected chi connectivity index (χ1v) is 13.3. The average molecular weight is 403 g/mol. The molecule has 0 spiro atoms. The van der Waals surface area contributed by atoms with Gasteiger partial charge in [0.05, 0.1) is 21.6 Å². The van der Waals surface area contributed by atoms with Gasteiger partial charge in [0.25, 0.3) is 0 Å². The zero-order valence-corrected chi connectivity index (χ0v) is 18.5. The number of carbonyl (C=O) groups excluding carboxylic acids is 1. The summed E-state index contributed by atoms with van der Waals surface area (Å²) in [5.74, 6) is -0.0193. The lowest BCUT2D eigenvalue weighted by Crippen LogP contribution is -2.48. The Labute approximate surface area is 175 Å². The molecule has 0 amide bonds. The predicted molar refractivity (Wildman–Crippen MR) is 123 cm³/mol. The van der Waals surface area contributed by atoms with E-state index in [9.17, 15) is 4.79 Å². The van der Waals surface area contributed by atoms with Crippen LogP contribution in [0.2, 0.25) is 13.1 Å². The Balaban J connectivity index is 2.02. The molecule has 0 aromatic heterocycles. The van der Waals surface area contributed by atoms with Gasteiger partial charge in [-0.15, -0.1) is 0 Å². The van der Waals surface area contributed by atoms with Crippen molar-refractivity contribution in [1.82, 2.24) is 0 Å². The molecule has 0 aliphatic rings. The van der Waals surface area contributed by atoms with Crippen molar-refractivity contribution in [1.29, 1.82) is 0 Å². The fourth-order valence-electron chi connectivity index (χ4n) is 4.23. The van der Waals surface area contributed by atoms with Crippen LogP contribution in [0.25, 0.3) is 0 Å². The molecule has 2 nitrogen and oxygen atoms in total. The molecule has 3 aromatic carbocycles. The summed E-state index contributed by atoms with van der Waals surface area (Å²) in [6.07, 6.45) is 1.33. The third kappa shape index (κ3) is 5.24. The smallest absolute Gasteiger partial charge is 0.306 e. The summed E-state index contributed by atoms with van der Waals surface area (Å²) in [7, 11) is -0.385. The number of benzene rings is 3. The molecule has 0 bridgehead atoms. The maximum absolute atomic E-state index is 12.2. The number of ether oxygens (including phenoxy) is 1. The molecule has 0 aliphatic carbocycles. The minimum absolute atomic E-state index is 0.129. The van der Waals surface area contributed by atoms with Gasteiger partial charge in [-0.25, -0.2) is 0 Å². The van der Waals surface area contributed by atoms with E-state index in [4.69, 9.17) is 4.74 Å². The largest absolute Gasteiger partial charge is 0.469 e. The van der Waals surface area contributed by atoms with E-state index < -0.39 is 8.07 Å². The van der Waals surface area contributed by atoms with Crippen molar-refractivity contribution < 1.29 is 9.53 Å². The van der Waals surface area contributed by atoms with Crippen LogP contribution in [0, 0.1) is 0 Å². The first-order chi connectivity index (χ1) is 14.0. The Morgan fingerprint density at radius 3 is 1.79 bits per heavy atom. The Kier molecular flexibility index (Phi) is 7.05. The summed E-state index contributed by atoms with van der Waals surface area (Å²) in [6, 6.07) is 32.1. The zero-order chi connectivity index (χ0) is 20.7. The van der Waals surface area contributed by atoms with Gasteiger partial charge in [0.1, 0.15) is 0 Å². The van der Waals surface area contributed by atoms with Gasteiger partial charge in [-0.2, -0.15) is 0 Å². The summed E-state index contributed by atoms with van der Waals surface area (Å²) in [5, 5.41) is 1.44. The zero-order valence-electron chi connectivity index (χ0n) is 17.5. The van der Waals surface area contributed by atoms with Gasteiger partial charge in [-0.3, -0.25) is 4.79 Å². The van der Waals surface area contributed by atoms with Crippen LogP contribution in [-0.2, 0) is 9.53 Å². The molecule has 0 radical (unpaired) electrons. The molecule has 0 unspecified atom stereocenters. The fourth-order valence-corrected chi connectivity index (χ4v) is 7.59. The number of methoxy groups -OCH3 is 1. The minimum atomic E-state index is -1.86. The standard InChI is InChI=1S/C26H30O2Si/c1-28-26(27)20-23(21-13-7-4-8-14-21)19-25(22-15-9-5-10-16-22)29(2,3)24-17-11-6-12-18-24/h4-18,23,25H,19-20H2,1-3H3/t23-,25+/m0/s1. The van der Waals surface area contributed by atoms with Crippen molar-refractivity contribution in [2.75, 3.05) is 7.11 Å². The van der Waals surface area contributed by atoms with Crippen LogP contribution in [0.4, 0.5) is 0 Å². The van der Waals surface area contributed by atoms with Gasteiger partial charge in [-0.05, 0) is 29.0 Å². The summed E-state index contributed by atoms with van der Waals surface area (Å²) in [5.41, 5.74) is 2.96. The van der Waals surface area contributed by atoms with E-state index in [1.165, 1.54) is 23.4 Å². The van der Waals surface area contributed by atoms with Crippen LogP contribution in [0.5, 0.6) is 0 Å². The van der Waals surface area contributed by atoms with Crippen LogP contribution in [0.1, 0.15) is 35.4 Å². The van der Waals surface area contributed by atoms with Crippen LogP contribution in [-0.4, -0.2) is 21.2 Å². The molecule has 0 fully saturated rings. The summed E-state index contributed by atoms with van der Waals surface area (Å²) in [6.45, 7) is 4.89. The van der Waals surface area contributed by atoms with Crippen LogP contribution in [0.3, 0.4) is 0 Å². The molecule has 0 saturated carbocycles. The summed E-state index contributed by atoms with van der Waals surface area (Å²) >= 11 is 0. The Hall–Kier alpha value is -2.65. The lowest BCUT2D eigenvalue weighted by Gasteiger charge is -2.36. The van der Waals surface area contributed by atoms with Crippen molar-refractivity contribution in [3.63, 3.8) is 0 Å². The second-order valence-corrected chi connectivity index (χ2v) is 12.9. The molecule has 0 saturated heterocycles. The minimum Gasteiger partial charge on any atom is -0.469 e. The van der Waals surface area contributed by atoms with Gasteiger partial charge in [0, 0.05) is 0 Å². The van der Waals surface area contributed by atoms with Crippen LogP contribution >= 0.6 is 0 Å². The fraction of sp³-hybridized carbons (Fsp3) is 0.269. The second-order valence-electron chi connectivity index (χ2n) is 8.17. The lowest BCUT2D eigenvalue weighted by atomic mass is 9.89. The SMILES string of the molecule is COC(=O)C[C@H](C[C@H](c1ccccc1)[Si](C)(C)c1ccccc1)c1ccccc1. The highest BCUT2D eigenvalue weighted by molar-refractivity contribution is 6.90. The molecular formula is C26H30O2Si. The topological polar surface area (TPSA) is 26.3 Å². The Morgan fingerprint density at radius 1 is 0.793 bits per heavy atom. The van der Waals surface area contributed by atoms with Crippen LogP contribution in [0.15, 0.2) is 91.0 Å². The maximum Gasteiger partial charge on any atom is 0.306 e. The highest BCUT2D eigenvalue weighted by Gasteiger charge is 2.37. The first kappa shape index (κ1) is 21.1. The molecule has 0 heterocycles. The highest BCUT2D eigenvalue weighted by atomic mass is 28.3. The highest BCUT2D eigenvalue weighted by Crippen LogP contribution is 2.38. The number of carbonyl (C=O) groups is 1. The molecule has 150 valence electrons. The van der Waals surface area contributed by atoms with Crippen molar-refractivity contribution in [3.05, 3.63) is 102 Å². The Bertz CT molecular complexity index is 892. The van der Waals surface area contributed by atoms with Gasteiger partial charge >= 0.3 is 5.97 Å². The van der Waals surface area contributed by atoms with Crippen molar-refractivity contribution in [3.8, 4) is 0 Å². The molecule has 29 heavy (non-hydrogen) atoms. The molecule has 3 aromatic rings. The van der Waals surface area contributed by atoms with E-state index >= 15 is 0 Å². The van der Waals surface area contributed by atoms with Crippen molar-refractivity contribution >= 4 is 19.2 Å². The first-order valence-electron chi connectivity index (χ1n) is 10.2. The predicted octanol–water partition coefficient (Wildman–Crippen LogP) is 5.66. The van der Waals surface area contributed by atoms with E-state index in [0.29, 0.717) is 12.0 Å². The number of hydrogen-bond donors (Lipinski definition) is 0. The Morgan fingerprint density at radius 2 is 1.28 bits per heavy atom. The second kappa shape index (κ2) is 9.70. The number of hydrogen-bond acceptors (Lipinski definition) is 2. The van der Waals surface area contributed by atoms with Crippen molar-refractivity contribution in [2.24, 2.45) is 0 Å². The average Bonchev–Trinajstić information content (AvgIpc) is 2.78. The van der Waals surface area contributed by atoms with Gasteiger partial charge in [-0.1, -0.05) is 109 Å². The molecule has 3 rings (SSSR count). The van der Waals surface area contributed by atoms with E-state index in [1.54, 1.807) is 0 Å². The maximum atomic E-state index is 12.2. The van der Waals surface area contributed by atoms with E-state index in [0.717, 1.165) is 6.42 Å². The monoisotopic (exact) mass is 402 g/mol. The molecular weight excluding hydrogens is 372 g/mol. The van der Waals surface area contributed by atoms with E-state index in [2.05, 4.69) is 98.0 Å². The molecule has 0 aliphatic heterocycles. The van der Waals surface area contributed by atoms with Crippen molar-refractivity contribution in [2.45, 2.75) is 37.4 Å². The molecule has 0 N–H and O–H groups in total. The molecule has 3 heteroatoms. The summed E-state index contributed by atoms with van der Waals surface area (Å²) in [4.78, 5) is 12.2. The third-order valence-corrected chi connectivity index (χ3v) is 10.2. The summed E-state index contributed by atoms with van der Waals surface area (Å²) < 4.78 is 5.03. The van der Waals surface area contributed by atoms with Crippen LogP contribution < -0.4 is 5.19 Å². The normalized spacial score (nSPS) is 13.5. The molecule has 2 atom stereocenters. The lowest BCUT2D eigenvalue weighted by molar-refractivity contribution is -0.141.